The highest BCUT2D eigenvalue weighted by molar-refractivity contribution is 5.97. The molecule has 1 fully saturated rings. The molecule has 1 aliphatic rings. The van der Waals surface area contributed by atoms with Crippen LogP contribution in [0.3, 0.4) is 0 Å². The third-order valence-corrected chi connectivity index (χ3v) is 3.08. The molecule has 0 aliphatic carbocycles. The van der Waals surface area contributed by atoms with Gasteiger partial charge in [0, 0.05) is 13.1 Å². The van der Waals surface area contributed by atoms with Crippen LogP contribution in [0.1, 0.15) is 29.6 Å². The van der Waals surface area contributed by atoms with Crippen LogP contribution in [0, 0.1) is 0 Å². The first-order valence-electron chi connectivity index (χ1n) is 5.88. The fraction of sp³-hybridized carbons (Fsp3) is 0.462. The van der Waals surface area contributed by atoms with Gasteiger partial charge in [-0.2, -0.15) is 0 Å². The second-order valence-electron chi connectivity index (χ2n) is 4.24. The van der Waals surface area contributed by atoms with E-state index in [1.54, 1.807) is 24.1 Å². The van der Waals surface area contributed by atoms with E-state index in [0.29, 0.717) is 11.3 Å². The second-order valence-corrected chi connectivity index (χ2v) is 4.24. The van der Waals surface area contributed by atoms with Gasteiger partial charge in [-0.15, -0.1) is 0 Å². The van der Waals surface area contributed by atoms with Gasteiger partial charge in [-0.1, -0.05) is 0 Å². The SMILES string of the molecule is COc1ccc(O)c(C(=O)N2CCCCC2)c1. The number of phenolic OH excluding ortho intramolecular Hbond substituents is 1. The van der Waals surface area contributed by atoms with Crippen molar-refractivity contribution in [3.05, 3.63) is 23.8 Å². The number of carbonyl (C=O) groups excluding carboxylic acids is 1. The van der Waals surface area contributed by atoms with Gasteiger partial charge in [-0.05, 0) is 37.5 Å². The quantitative estimate of drug-likeness (QED) is 0.853. The number of benzene rings is 1. The molecule has 4 nitrogen and oxygen atoms in total. The Hall–Kier alpha value is -1.71. The molecule has 0 saturated carbocycles. The molecule has 17 heavy (non-hydrogen) atoms. The molecule has 92 valence electrons. The lowest BCUT2D eigenvalue weighted by Gasteiger charge is -2.27. The Morgan fingerprint density at radius 1 is 1.29 bits per heavy atom. The minimum atomic E-state index is -0.110. The van der Waals surface area contributed by atoms with Gasteiger partial charge in [-0.3, -0.25) is 4.79 Å². The van der Waals surface area contributed by atoms with E-state index in [1.807, 2.05) is 0 Å². The van der Waals surface area contributed by atoms with Gasteiger partial charge in [0.1, 0.15) is 11.5 Å². The van der Waals surface area contributed by atoms with Crippen LogP contribution in [-0.2, 0) is 0 Å². The number of aromatic hydroxyl groups is 1. The molecule has 1 aromatic carbocycles. The molecule has 1 heterocycles. The highest BCUT2D eigenvalue weighted by atomic mass is 16.5. The van der Waals surface area contributed by atoms with Crippen molar-refractivity contribution in [2.24, 2.45) is 0 Å². The average Bonchev–Trinajstić information content (AvgIpc) is 2.39. The van der Waals surface area contributed by atoms with Crippen molar-refractivity contribution in [2.75, 3.05) is 20.2 Å². The van der Waals surface area contributed by atoms with Gasteiger partial charge in [0.15, 0.2) is 0 Å². The molecule has 2 rings (SSSR count). The zero-order valence-corrected chi connectivity index (χ0v) is 9.98. The zero-order chi connectivity index (χ0) is 12.3. The zero-order valence-electron chi connectivity index (χ0n) is 9.98. The third-order valence-electron chi connectivity index (χ3n) is 3.08. The maximum Gasteiger partial charge on any atom is 0.257 e. The number of likely N-dealkylation sites (tertiary alicyclic amines) is 1. The number of hydrogen-bond donors (Lipinski definition) is 1. The highest BCUT2D eigenvalue weighted by Gasteiger charge is 2.21. The van der Waals surface area contributed by atoms with Crippen LogP contribution in [0.25, 0.3) is 0 Å². The van der Waals surface area contributed by atoms with Crippen molar-refractivity contribution in [3.8, 4) is 11.5 Å². The summed E-state index contributed by atoms with van der Waals surface area (Å²) < 4.78 is 5.07. The van der Waals surface area contributed by atoms with Crippen molar-refractivity contribution >= 4 is 5.91 Å². The van der Waals surface area contributed by atoms with Crippen molar-refractivity contribution < 1.29 is 14.6 Å². The minimum Gasteiger partial charge on any atom is -0.507 e. The van der Waals surface area contributed by atoms with E-state index in [1.165, 1.54) is 12.5 Å². The van der Waals surface area contributed by atoms with Gasteiger partial charge < -0.3 is 14.7 Å². The lowest BCUT2D eigenvalue weighted by Crippen LogP contribution is -2.35. The van der Waals surface area contributed by atoms with Crippen molar-refractivity contribution in [1.82, 2.24) is 4.90 Å². The van der Waals surface area contributed by atoms with E-state index in [0.717, 1.165) is 25.9 Å². The number of hydrogen-bond acceptors (Lipinski definition) is 3. The average molecular weight is 235 g/mol. The Balaban J connectivity index is 2.22. The summed E-state index contributed by atoms with van der Waals surface area (Å²) in [5, 5.41) is 9.73. The summed E-state index contributed by atoms with van der Waals surface area (Å²) in [6, 6.07) is 4.73. The molecule has 1 saturated heterocycles. The van der Waals surface area contributed by atoms with E-state index < -0.39 is 0 Å². The van der Waals surface area contributed by atoms with Crippen molar-refractivity contribution in [1.29, 1.82) is 0 Å². The summed E-state index contributed by atoms with van der Waals surface area (Å²) in [6.07, 6.45) is 3.25. The van der Waals surface area contributed by atoms with E-state index in [-0.39, 0.29) is 11.7 Å². The predicted octanol–water partition coefficient (Wildman–Crippen LogP) is 2.03. The fourth-order valence-electron chi connectivity index (χ4n) is 2.08. The van der Waals surface area contributed by atoms with Crippen molar-refractivity contribution in [2.45, 2.75) is 19.3 Å². The normalized spacial score (nSPS) is 15.7. The smallest absolute Gasteiger partial charge is 0.257 e. The Kier molecular flexibility index (Phi) is 3.52. The standard InChI is InChI=1S/C13H17NO3/c1-17-10-5-6-12(15)11(9-10)13(16)14-7-3-2-4-8-14/h5-6,9,15H,2-4,7-8H2,1H3. The second kappa shape index (κ2) is 5.08. The molecule has 1 N–H and O–H groups in total. The number of piperidine rings is 1. The first kappa shape index (κ1) is 11.8. The van der Waals surface area contributed by atoms with Gasteiger partial charge in [0.05, 0.1) is 12.7 Å². The molecule has 0 radical (unpaired) electrons. The number of ether oxygens (including phenoxy) is 1. The number of carbonyl (C=O) groups is 1. The molecule has 0 spiro atoms. The summed E-state index contributed by atoms with van der Waals surface area (Å²) >= 11 is 0. The molecule has 1 aromatic rings. The molecule has 0 atom stereocenters. The highest BCUT2D eigenvalue weighted by Crippen LogP contribution is 2.25. The number of rotatable bonds is 2. The lowest BCUT2D eigenvalue weighted by molar-refractivity contribution is 0.0721. The fourth-order valence-corrected chi connectivity index (χ4v) is 2.08. The number of amides is 1. The Morgan fingerprint density at radius 3 is 2.65 bits per heavy atom. The minimum absolute atomic E-state index is 0.0152. The largest absolute Gasteiger partial charge is 0.507 e. The van der Waals surface area contributed by atoms with Crippen LogP contribution in [-0.4, -0.2) is 36.1 Å². The van der Waals surface area contributed by atoms with Crippen LogP contribution >= 0.6 is 0 Å². The Bertz CT molecular complexity index is 411. The lowest BCUT2D eigenvalue weighted by atomic mass is 10.1. The number of methoxy groups -OCH3 is 1. The summed E-state index contributed by atoms with van der Waals surface area (Å²) in [6.45, 7) is 1.55. The molecule has 0 unspecified atom stereocenters. The first-order chi connectivity index (χ1) is 8.22. The molecule has 1 amide bonds. The van der Waals surface area contributed by atoms with E-state index in [9.17, 15) is 9.90 Å². The van der Waals surface area contributed by atoms with Crippen LogP contribution < -0.4 is 4.74 Å². The van der Waals surface area contributed by atoms with Crippen molar-refractivity contribution in [3.63, 3.8) is 0 Å². The van der Waals surface area contributed by atoms with E-state index >= 15 is 0 Å². The van der Waals surface area contributed by atoms with Gasteiger partial charge in [0.2, 0.25) is 0 Å². The van der Waals surface area contributed by atoms with Crippen LogP contribution in [0.4, 0.5) is 0 Å². The van der Waals surface area contributed by atoms with Crippen LogP contribution in [0.15, 0.2) is 18.2 Å². The van der Waals surface area contributed by atoms with Gasteiger partial charge in [0.25, 0.3) is 5.91 Å². The summed E-state index contributed by atoms with van der Waals surface area (Å²) in [5.74, 6) is 0.491. The summed E-state index contributed by atoms with van der Waals surface area (Å²) in [5.41, 5.74) is 0.325. The molecular weight excluding hydrogens is 218 g/mol. The molecule has 1 aliphatic heterocycles. The molecular formula is C13H17NO3. The van der Waals surface area contributed by atoms with Gasteiger partial charge >= 0.3 is 0 Å². The summed E-state index contributed by atoms with van der Waals surface area (Å²) in [7, 11) is 1.54. The molecule has 0 bridgehead atoms. The monoisotopic (exact) mass is 235 g/mol. The van der Waals surface area contributed by atoms with E-state index in [2.05, 4.69) is 0 Å². The van der Waals surface area contributed by atoms with Crippen LogP contribution in [0.2, 0.25) is 0 Å². The predicted molar refractivity (Wildman–Crippen MR) is 64.4 cm³/mol. The van der Waals surface area contributed by atoms with Crippen LogP contribution in [0.5, 0.6) is 11.5 Å². The number of nitrogens with zero attached hydrogens (tertiary/aromatic N) is 1. The Labute approximate surface area is 101 Å². The maximum absolute atomic E-state index is 12.2. The molecule has 0 aromatic heterocycles. The first-order valence-corrected chi connectivity index (χ1v) is 5.88. The van der Waals surface area contributed by atoms with E-state index in [4.69, 9.17) is 4.74 Å². The maximum atomic E-state index is 12.2. The van der Waals surface area contributed by atoms with Gasteiger partial charge in [-0.25, -0.2) is 0 Å². The topological polar surface area (TPSA) is 49.8 Å². The Morgan fingerprint density at radius 2 is 2.00 bits per heavy atom. The number of phenols is 1. The molecule has 4 heteroatoms. The summed E-state index contributed by atoms with van der Waals surface area (Å²) in [4.78, 5) is 14.0. The third kappa shape index (κ3) is 2.52.